The lowest BCUT2D eigenvalue weighted by Crippen LogP contribution is -2.29. The van der Waals surface area contributed by atoms with Gasteiger partial charge in [-0.3, -0.25) is 10.1 Å². The molecule has 0 heterocycles. The van der Waals surface area contributed by atoms with Gasteiger partial charge < -0.3 is 10.4 Å². The van der Waals surface area contributed by atoms with Crippen LogP contribution in [0.15, 0.2) is 18.2 Å². The van der Waals surface area contributed by atoms with Crippen LogP contribution in [0.4, 0.5) is 11.4 Å². The van der Waals surface area contributed by atoms with Crippen LogP contribution in [-0.4, -0.2) is 22.0 Å². The molecule has 0 aliphatic heterocycles. The summed E-state index contributed by atoms with van der Waals surface area (Å²) >= 11 is 0. The highest BCUT2D eigenvalue weighted by atomic mass is 16.6. The number of aryl methyl sites for hydroxylation is 1. The molecular weight excluding hydrogens is 248 g/mol. The summed E-state index contributed by atoms with van der Waals surface area (Å²) in [4.78, 5) is 21.3. The topological polar surface area (TPSA) is 92.5 Å². The predicted octanol–water partition coefficient (Wildman–Crippen LogP) is 2.96. The fourth-order valence-electron chi connectivity index (χ4n) is 1.78. The molecule has 0 radical (unpaired) electrons. The highest BCUT2D eigenvalue weighted by Crippen LogP contribution is 2.22. The molecule has 0 aromatic heterocycles. The van der Waals surface area contributed by atoms with Crippen LogP contribution >= 0.6 is 0 Å². The lowest BCUT2D eigenvalue weighted by atomic mass is 10.1. The highest BCUT2D eigenvalue weighted by Gasteiger charge is 2.18. The quantitative estimate of drug-likeness (QED) is 0.584. The van der Waals surface area contributed by atoms with Crippen molar-refractivity contribution in [2.75, 3.05) is 5.32 Å². The molecule has 1 atom stereocenters. The average Bonchev–Trinajstić information content (AvgIpc) is 2.35. The Kier molecular flexibility index (Phi) is 5.29. The molecule has 0 fully saturated rings. The van der Waals surface area contributed by atoms with Crippen molar-refractivity contribution in [2.24, 2.45) is 0 Å². The molecule has 0 aliphatic carbocycles. The van der Waals surface area contributed by atoms with Crippen LogP contribution in [0, 0.1) is 17.0 Å². The summed E-state index contributed by atoms with van der Waals surface area (Å²) in [6.45, 7) is 3.71. The number of carboxylic acids is 1. The summed E-state index contributed by atoms with van der Waals surface area (Å²) in [6.07, 6.45) is 2.27. The molecule has 0 saturated carbocycles. The van der Waals surface area contributed by atoms with Gasteiger partial charge in [0.2, 0.25) is 0 Å². The maximum absolute atomic E-state index is 11.1. The monoisotopic (exact) mass is 266 g/mol. The molecule has 19 heavy (non-hydrogen) atoms. The smallest absolute Gasteiger partial charge is 0.326 e. The zero-order chi connectivity index (χ0) is 14.4. The Morgan fingerprint density at radius 1 is 1.53 bits per heavy atom. The van der Waals surface area contributed by atoms with Crippen LogP contribution in [0.1, 0.15) is 31.7 Å². The maximum Gasteiger partial charge on any atom is 0.326 e. The lowest BCUT2D eigenvalue weighted by Gasteiger charge is -2.16. The van der Waals surface area contributed by atoms with Crippen molar-refractivity contribution in [2.45, 2.75) is 39.2 Å². The molecule has 2 N–H and O–H groups in total. The molecule has 1 aromatic rings. The maximum atomic E-state index is 11.1. The number of hydrogen-bond acceptors (Lipinski definition) is 4. The van der Waals surface area contributed by atoms with Gasteiger partial charge in [0.05, 0.1) is 4.92 Å². The van der Waals surface area contributed by atoms with Crippen molar-refractivity contribution in [3.63, 3.8) is 0 Å². The number of rotatable bonds is 7. The van der Waals surface area contributed by atoms with Crippen LogP contribution in [0.25, 0.3) is 0 Å². The SMILES string of the molecule is CCCCC(Nc1ccc([N+](=O)[O-])cc1C)C(=O)O. The second-order valence-electron chi connectivity index (χ2n) is 4.43. The number of hydrogen-bond donors (Lipinski definition) is 2. The van der Waals surface area contributed by atoms with Gasteiger partial charge in [-0.05, 0) is 25.0 Å². The van der Waals surface area contributed by atoms with Crippen LogP contribution in [-0.2, 0) is 4.79 Å². The number of non-ortho nitro benzene ring substituents is 1. The summed E-state index contributed by atoms with van der Waals surface area (Å²) in [5.74, 6) is -0.911. The van der Waals surface area contributed by atoms with E-state index >= 15 is 0 Å². The average molecular weight is 266 g/mol. The molecule has 0 amide bonds. The van der Waals surface area contributed by atoms with E-state index in [1.165, 1.54) is 12.1 Å². The Hall–Kier alpha value is -2.11. The normalized spacial score (nSPS) is 11.9. The number of benzene rings is 1. The second-order valence-corrected chi connectivity index (χ2v) is 4.43. The van der Waals surface area contributed by atoms with Gasteiger partial charge in [0.15, 0.2) is 0 Å². The Balaban J connectivity index is 2.84. The number of nitro benzene ring substituents is 1. The minimum absolute atomic E-state index is 0.00323. The molecule has 0 spiro atoms. The van der Waals surface area contributed by atoms with Gasteiger partial charge >= 0.3 is 5.97 Å². The van der Waals surface area contributed by atoms with Gasteiger partial charge in [-0.1, -0.05) is 19.8 Å². The minimum Gasteiger partial charge on any atom is -0.480 e. The number of nitro groups is 1. The van der Waals surface area contributed by atoms with E-state index in [4.69, 9.17) is 5.11 Å². The van der Waals surface area contributed by atoms with E-state index in [0.717, 1.165) is 12.8 Å². The van der Waals surface area contributed by atoms with Crippen molar-refractivity contribution < 1.29 is 14.8 Å². The predicted molar refractivity (Wildman–Crippen MR) is 72.4 cm³/mol. The van der Waals surface area contributed by atoms with Crippen molar-refractivity contribution in [1.29, 1.82) is 0 Å². The van der Waals surface area contributed by atoms with E-state index in [2.05, 4.69) is 5.32 Å². The number of nitrogens with zero attached hydrogens (tertiary/aromatic N) is 1. The van der Waals surface area contributed by atoms with E-state index < -0.39 is 16.9 Å². The molecule has 6 heteroatoms. The molecule has 0 bridgehead atoms. The van der Waals surface area contributed by atoms with E-state index in [0.29, 0.717) is 17.7 Å². The van der Waals surface area contributed by atoms with Crippen molar-refractivity contribution in [3.05, 3.63) is 33.9 Å². The van der Waals surface area contributed by atoms with E-state index in [-0.39, 0.29) is 5.69 Å². The summed E-state index contributed by atoms with van der Waals surface area (Å²) in [6, 6.07) is 3.69. The largest absolute Gasteiger partial charge is 0.480 e. The summed E-state index contributed by atoms with van der Waals surface area (Å²) in [5, 5.41) is 22.7. The molecule has 104 valence electrons. The number of nitrogens with one attached hydrogen (secondary N) is 1. The lowest BCUT2D eigenvalue weighted by molar-refractivity contribution is -0.384. The second kappa shape index (κ2) is 6.72. The first-order valence-electron chi connectivity index (χ1n) is 6.20. The van der Waals surface area contributed by atoms with E-state index in [9.17, 15) is 14.9 Å². The number of aliphatic carboxylic acids is 1. The number of carboxylic acid groups (broad SMARTS) is 1. The standard InChI is InChI=1S/C13H18N2O4/c1-3-4-5-12(13(16)17)14-11-7-6-10(15(18)19)8-9(11)2/h6-8,12,14H,3-5H2,1-2H3,(H,16,17). The van der Waals surface area contributed by atoms with E-state index in [1.54, 1.807) is 13.0 Å². The highest BCUT2D eigenvalue weighted by molar-refractivity contribution is 5.77. The van der Waals surface area contributed by atoms with Crippen LogP contribution < -0.4 is 5.32 Å². The molecule has 1 unspecified atom stereocenters. The number of anilines is 1. The van der Waals surface area contributed by atoms with Crippen LogP contribution in [0.2, 0.25) is 0 Å². The molecule has 0 saturated heterocycles. The van der Waals surface area contributed by atoms with Gasteiger partial charge in [0, 0.05) is 17.8 Å². The van der Waals surface area contributed by atoms with Crippen molar-refractivity contribution in [1.82, 2.24) is 0 Å². The van der Waals surface area contributed by atoms with Gasteiger partial charge in [0.25, 0.3) is 5.69 Å². The fourth-order valence-corrected chi connectivity index (χ4v) is 1.78. The fraction of sp³-hybridized carbons (Fsp3) is 0.462. The Morgan fingerprint density at radius 2 is 2.21 bits per heavy atom. The summed E-state index contributed by atoms with van der Waals surface area (Å²) in [5.41, 5.74) is 1.29. The zero-order valence-corrected chi connectivity index (χ0v) is 11.0. The first kappa shape index (κ1) is 14.9. The summed E-state index contributed by atoms with van der Waals surface area (Å²) < 4.78 is 0. The Morgan fingerprint density at radius 3 is 2.68 bits per heavy atom. The van der Waals surface area contributed by atoms with Gasteiger partial charge in [-0.15, -0.1) is 0 Å². The summed E-state index contributed by atoms with van der Waals surface area (Å²) in [7, 11) is 0. The first-order valence-corrected chi connectivity index (χ1v) is 6.20. The van der Waals surface area contributed by atoms with E-state index in [1.807, 2.05) is 6.92 Å². The molecular formula is C13H18N2O4. The molecule has 6 nitrogen and oxygen atoms in total. The van der Waals surface area contributed by atoms with Gasteiger partial charge in [-0.25, -0.2) is 4.79 Å². The zero-order valence-electron chi connectivity index (χ0n) is 11.0. The van der Waals surface area contributed by atoms with Crippen molar-refractivity contribution in [3.8, 4) is 0 Å². The molecule has 1 aromatic carbocycles. The third kappa shape index (κ3) is 4.24. The van der Waals surface area contributed by atoms with Gasteiger partial charge in [-0.2, -0.15) is 0 Å². The van der Waals surface area contributed by atoms with Crippen LogP contribution in [0.3, 0.4) is 0 Å². The van der Waals surface area contributed by atoms with Crippen molar-refractivity contribution >= 4 is 17.3 Å². The Labute approximate surface area is 111 Å². The van der Waals surface area contributed by atoms with Gasteiger partial charge in [0.1, 0.15) is 6.04 Å². The third-order valence-electron chi connectivity index (χ3n) is 2.89. The number of unbranched alkanes of at least 4 members (excludes halogenated alkanes) is 1. The molecule has 1 rings (SSSR count). The first-order chi connectivity index (χ1) is 8.95. The van der Waals surface area contributed by atoms with Crippen LogP contribution in [0.5, 0.6) is 0 Å². The molecule has 0 aliphatic rings. The number of carbonyl (C=O) groups is 1. The Bertz CT molecular complexity index is 474. The third-order valence-corrected chi connectivity index (χ3v) is 2.89. The minimum atomic E-state index is -0.911.